The van der Waals surface area contributed by atoms with Crippen molar-refractivity contribution in [3.8, 4) is 5.75 Å². The molecule has 2 aromatic carbocycles. The summed E-state index contributed by atoms with van der Waals surface area (Å²) in [5, 5.41) is 3.22. The molecule has 0 fully saturated rings. The van der Waals surface area contributed by atoms with Crippen LogP contribution in [0.2, 0.25) is 0 Å². The Balaban J connectivity index is 1.86. The smallest absolute Gasteiger partial charge is 0.338 e. The zero-order chi connectivity index (χ0) is 21.2. The number of para-hydroxylation sites is 1. The van der Waals surface area contributed by atoms with Gasteiger partial charge < -0.3 is 14.8 Å². The third-order valence-electron chi connectivity index (χ3n) is 4.23. The molecule has 1 amide bonds. The van der Waals surface area contributed by atoms with E-state index in [0.29, 0.717) is 23.6 Å². The average molecular weight is 415 g/mol. The van der Waals surface area contributed by atoms with Crippen molar-refractivity contribution in [2.24, 2.45) is 0 Å². The number of amides is 1. The van der Waals surface area contributed by atoms with Gasteiger partial charge >= 0.3 is 5.97 Å². The van der Waals surface area contributed by atoms with Crippen LogP contribution in [0.25, 0.3) is 0 Å². The van der Waals surface area contributed by atoms with Gasteiger partial charge in [0.2, 0.25) is 0 Å². The van der Waals surface area contributed by atoms with Gasteiger partial charge in [0.05, 0.1) is 12.2 Å². The highest BCUT2D eigenvalue weighted by Crippen LogP contribution is 2.16. The number of thiocarbonyl (C=S) groups is 1. The maximum Gasteiger partial charge on any atom is 0.338 e. The van der Waals surface area contributed by atoms with E-state index in [-0.39, 0.29) is 23.6 Å². The average Bonchev–Trinajstić information content (AvgIpc) is 2.73. The van der Waals surface area contributed by atoms with E-state index in [2.05, 4.69) is 5.32 Å². The number of aryl methyl sites for hydroxylation is 1. The number of carbonyl (C=O) groups excluding carboxylic acids is 2. The van der Waals surface area contributed by atoms with E-state index in [1.807, 2.05) is 38.1 Å². The van der Waals surface area contributed by atoms with E-state index in [4.69, 9.17) is 21.7 Å². The van der Waals surface area contributed by atoms with Crippen molar-refractivity contribution in [3.05, 3.63) is 59.7 Å². The first-order valence-corrected chi connectivity index (χ1v) is 9.86. The van der Waals surface area contributed by atoms with Crippen LogP contribution in [0.4, 0.5) is 5.69 Å². The molecule has 2 rings (SSSR count). The Bertz CT molecular complexity index is 852. The normalized spacial score (nSPS) is 10.2. The summed E-state index contributed by atoms with van der Waals surface area (Å²) < 4.78 is 10.8. The van der Waals surface area contributed by atoms with E-state index >= 15 is 0 Å². The van der Waals surface area contributed by atoms with E-state index in [0.717, 1.165) is 18.4 Å². The van der Waals surface area contributed by atoms with Gasteiger partial charge in [-0.15, -0.1) is 0 Å². The number of unbranched alkanes of at least 4 members (excludes halogenated alkanes) is 1. The lowest BCUT2D eigenvalue weighted by atomic mass is 10.2. The van der Waals surface area contributed by atoms with Crippen molar-refractivity contribution >= 4 is 34.9 Å². The monoisotopic (exact) mass is 414 g/mol. The molecule has 0 saturated carbocycles. The molecule has 0 radical (unpaired) electrons. The fourth-order valence-corrected chi connectivity index (χ4v) is 2.58. The van der Waals surface area contributed by atoms with Gasteiger partial charge in [-0.3, -0.25) is 9.69 Å². The van der Waals surface area contributed by atoms with Crippen molar-refractivity contribution in [1.29, 1.82) is 0 Å². The largest absolute Gasteiger partial charge is 0.483 e. The second-order valence-corrected chi connectivity index (χ2v) is 6.89. The maximum absolute atomic E-state index is 12.3. The molecule has 154 valence electrons. The Morgan fingerprint density at radius 2 is 1.79 bits per heavy atom. The third kappa shape index (κ3) is 6.87. The fraction of sp³-hybridized carbons (Fsp3) is 0.318. The van der Waals surface area contributed by atoms with Gasteiger partial charge in [-0.05, 0) is 61.5 Å². The number of nitrogens with zero attached hydrogens (tertiary/aromatic N) is 1. The molecule has 0 aromatic heterocycles. The Hall–Kier alpha value is -2.93. The van der Waals surface area contributed by atoms with Crippen molar-refractivity contribution in [1.82, 2.24) is 4.90 Å². The molecule has 0 heterocycles. The second-order valence-electron chi connectivity index (χ2n) is 6.50. The standard InChI is InChI=1S/C22H26N2O4S/c1-4-5-14-27-21(26)17-10-12-18(13-11-17)23-22(29)24(3)20(25)15-28-19-9-7-6-8-16(19)2/h6-13H,4-5,14-15H2,1-3H3,(H,23,29). The molecular weight excluding hydrogens is 388 g/mol. The van der Waals surface area contributed by atoms with Crippen LogP contribution < -0.4 is 10.1 Å². The quantitative estimate of drug-likeness (QED) is 0.397. The van der Waals surface area contributed by atoms with Crippen molar-refractivity contribution in [2.45, 2.75) is 26.7 Å². The minimum Gasteiger partial charge on any atom is -0.483 e. The second kappa shape index (κ2) is 11.2. The molecule has 0 aliphatic heterocycles. The minimum atomic E-state index is -0.353. The lowest BCUT2D eigenvalue weighted by molar-refractivity contribution is -0.128. The van der Waals surface area contributed by atoms with Crippen LogP contribution in [-0.2, 0) is 9.53 Å². The van der Waals surface area contributed by atoms with E-state index in [1.54, 1.807) is 31.3 Å². The summed E-state index contributed by atoms with van der Waals surface area (Å²) in [6.45, 7) is 4.25. The molecule has 0 saturated heterocycles. The molecule has 7 heteroatoms. The van der Waals surface area contributed by atoms with E-state index in [9.17, 15) is 9.59 Å². The number of hydrogen-bond donors (Lipinski definition) is 1. The number of hydrogen-bond acceptors (Lipinski definition) is 5. The fourth-order valence-electron chi connectivity index (χ4n) is 2.36. The zero-order valence-electron chi connectivity index (χ0n) is 16.9. The first kappa shape index (κ1) is 22.4. The van der Waals surface area contributed by atoms with Crippen LogP contribution >= 0.6 is 12.2 Å². The van der Waals surface area contributed by atoms with Crippen LogP contribution in [0.15, 0.2) is 48.5 Å². The van der Waals surface area contributed by atoms with Crippen molar-refractivity contribution in [3.63, 3.8) is 0 Å². The zero-order valence-corrected chi connectivity index (χ0v) is 17.8. The summed E-state index contributed by atoms with van der Waals surface area (Å²) in [7, 11) is 1.58. The van der Waals surface area contributed by atoms with Crippen LogP contribution in [0, 0.1) is 6.92 Å². The first-order valence-electron chi connectivity index (χ1n) is 9.45. The SMILES string of the molecule is CCCCOC(=O)c1ccc(NC(=S)N(C)C(=O)COc2ccccc2C)cc1. The highest BCUT2D eigenvalue weighted by molar-refractivity contribution is 7.80. The van der Waals surface area contributed by atoms with Crippen molar-refractivity contribution in [2.75, 3.05) is 25.6 Å². The molecule has 0 atom stereocenters. The van der Waals surface area contributed by atoms with Gasteiger partial charge in [0.15, 0.2) is 11.7 Å². The van der Waals surface area contributed by atoms with E-state index in [1.165, 1.54) is 4.90 Å². The summed E-state index contributed by atoms with van der Waals surface area (Å²) in [6.07, 6.45) is 1.81. The molecular formula is C22H26N2O4S. The number of esters is 1. The topological polar surface area (TPSA) is 67.9 Å². The van der Waals surface area contributed by atoms with Crippen LogP contribution in [0.1, 0.15) is 35.7 Å². The third-order valence-corrected chi connectivity index (χ3v) is 4.60. The molecule has 0 spiro atoms. The number of likely N-dealkylation sites (N-methyl/N-ethyl adjacent to an activating group) is 1. The number of nitrogens with one attached hydrogen (secondary N) is 1. The van der Waals surface area contributed by atoms with Gasteiger partial charge in [0.25, 0.3) is 5.91 Å². The lowest BCUT2D eigenvalue weighted by Crippen LogP contribution is -2.39. The van der Waals surface area contributed by atoms with Gasteiger partial charge in [-0.2, -0.15) is 0 Å². The molecule has 0 aliphatic carbocycles. The highest BCUT2D eigenvalue weighted by Gasteiger charge is 2.15. The first-order chi connectivity index (χ1) is 13.9. The van der Waals surface area contributed by atoms with Gasteiger partial charge in [-0.25, -0.2) is 4.79 Å². The summed E-state index contributed by atoms with van der Waals surface area (Å²) in [5.41, 5.74) is 2.09. The van der Waals surface area contributed by atoms with Gasteiger partial charge in [0.1, 0.15) is 5.75 Å². The Kier molecular flexibility index (Phi) is 8.61. The number of carbonyl (C=O) groups is 2. The number of rotatable bonds is 8. The molecule has 0 bridgehead atoms. The van der Waals surface area contributed by atoms with Crippen LogP contribution in [0.3, 0.4) is 0 Å². The lowest BCUT2D eigenvalue weighted by Gasteiger charge is -2.20. The molecule has 29 heavy (non-hydrogen) atoms. The molecule has 0 aliphatic rings. The summed E-state index contributed by atoms with van der Waals surface area (Å²) >= 11 is 5.29. The Labute approximate surface area is 176 Å². The predicted octanol–water partition coefficient (Wildman–Crippen LogP) is 4.19. The highest BCUT2D eigenvalue weighted by atomic mass is 32.1. The van der Waals surface area contributed by atoms with Gasteiger partial charge in [-0.1, -0.05) is 31.5 Å². The van der Waals surface area contributed by atoms with Crippen molar-refractivity contribution < 1.29 is 19.1 Å². The van der Waals surface area contributed by atoms with Gasteiger partial charge in [0, 0.05) is 12.7 Å². The number of anilines is 1. The predicted molar refractivity (Wildman–Crippen MR) is 117 cm³/mol. The molecule has 1 N–H and O–H groups in total. The summed E-state index contributed by atoms with van der Waals surface area (Å²) in [6, 6.07) is 14.2. The number of ether oxygens (including phenoxy) is 2. The molecule has 6 nitrogen and oxygen atoms in total. The maximum atomic E-state index is 12.3. The summed E-state index contributed by atoms with van der Waals surface area (Å²) in [4.78, 5) is 25.6. The Morgan fingerprint density at radius 1 is 1.10 bits per heavy atom. The van der Waals surface area contributed by atoms with Crippen LogP contribution in [-0.4, -0.2) is 42.2 Å². The Morgan fingerprint density at radius 3 is 2.45 bits per heavy atom. The summed E-state index contributed by atoms with van der Waals surface area (Å²) in [5.74, 6) is 0.0321. The van der Waals surface area contributed by atoms with Crippen LogP contribution in [0.5, 0.6) is 5.75 Å². The molecule has 0 unspecified atom stereocenters. The minimum absolute atomic E-state index is 0.119. The molecule has 2 aromatic rings. The van der Waals surface area contributed by atoms with E-state index < -0.39 is 0 Å². The number of benzene rings is 2.